The minimum Gasteiger partial charge on any atom is -0.388 e. The molecule has 0 saturated heterocycles. The highest BCUT2D eigenvalue weighted by atomic mass is 15.2. The van der Waals surface area contributed by atoms with Gasteiger partial charge in [0.15, 0.2) is 0 Å². The van der Waals surface area contributed by atoms with Gasteiger partial charge in [0.2, 0.25) is 0 Å². The van der Waals surface area contributed by atoms with Gasteiger partial charge in [0.05, 0.1) is 11.5 Å². The van der Waals surface area contributed by atoms with E-state index in [0.29, 0.717) is 18.9 Å². The summed E-state index contributed by atoms with van der Waals surface area (Å²) in [5.41, 5.74) is 6.32. The Labute approximate surface area is 103 Å². The van der Waals surface area contributed by atoms with E-state index in [2.05, 4.69) is 28.7 Å². The van der Waals surface area contributed by atoms with E-state index in [1.54, 1.807) is 12.4 Å². The molecular formula is C12H21N5. The largest absolute Gasteiger partial charge is 0.388 e. The molecule has 5 nitrogen and oxygen atoms in total. The molecule has 0 aromatic carbocycles. The summed E-state index contributed by atoms with van der Waals surface area (Å²) < 4.78 is 0. The molecule has 0 aliphatic heterocycles. The van der Waals surface area contributed by atoms with Gasteiger partial charge in [-0.3, -0.25) is 10.4 Å². The third-order valence-corrected chi connectivity index (χ3v) is 2.39. The molecule has 0 saturated carbocycles. The first kappa shape index (κ1) is 13.4. The lowest BCUT2D eigenvalue weighted by Crippen LogP contribution is -2.32. The first-order chi connectivity index (χ1) is 8.00. The molecule has 0 unspecified atom stereocenters. The van der Waals surface area contributed by atoms with Crippen LogP contribution in [-0.4, -0.2) is 28.9 Å². The molecule has 3 N–H and O–H groups in total. The van der Waals surface area contributed by atoms with E-state index in [9.17, 15) is 0 Å². The maximum Gasteiger partial charge on any atom is 0.150 e. The molecule has 0 atom stereocenters. The zero-order chi connectivity index (χ0) is 12.8. The van der Waals surface area contributed by atoms with E-state index in [-0.39, 0.29) is 5.84 Å². The summed E-state index contributed by atoms with van der Waals surface area (Å²) in [5, 5.41) is 7.30. The van der Waals surface area contributed by atoms with E-state index in [1.165, 1.54) is 0 Å². The van der Waals surface area contributed by atoms with Crippen molar-refractivity contribution in [3.63, 3.8) is 0 Å². The molecule has 0 spiro atoms. The number of aryl methyl sites for hydroxylation is 1. The van der Waals surface area contributed by atoms with E-state index in [1.807, 2.05) is 6.92 Å². The van der Waals surface area contributed by atoms with Crippen LogP contribution in [0.25, 0.3) is 0 Å². The van der Waals surface area contributed by atoms with E-state index in [4.69, 9.17) is 11.1 Å². The third kappa shape index (κ3) is 4.38. The lowest BCUT2D eigenvalue weighted by atomic mass is 10.2. The second kappa shape index (κ2) is 6.18. The maximum absolute atomic E-state index is 7.30. The third-order valence-electron chi connectivity index (χ3n) is 2.39. The molecule has 17 heavy (non-hydrogen) atoms. The summed E-state index contributed by atoms with van der Waals surface area (Å²) in [6.45, 7) is 7.88. The van der Waals surface area contributed by atoms with Crippen LogP contribution < -0.4 is 10.6 Å². The summed E-state index contributed by atoms with van der Waals surface area (Å²) in [5.74, 6) is 1.63. The van der Waals surface area contributed by atoms with Crippen molar-refractivity contribution in [2.45, 2.75) is 27.2 Å². The predicted molar refractivity (Wildman–Crippen MR) is 70.4 cm³/mol. The lowest BCUT2D eigenvalue weighted by molar-refractivity contribution is 0.606. The number of hydrogen-bond acceptors (Lipinski definition) is 4. The minimum absolute atomic E-state index is 0.209. The molecule has 0 bridgehead atoms. The van der Waals surface area contributed by atoms with E-state index < -0.39 is 0 Å². The zero-order valence-corrected chi connectivity index (χ0v) is 10.8. The fourth-order valence-corrected chi connectivity index (χ4v) is 1.69. The van der Waals surface area contributed by atoms with Gasteiger partial charge in [0, 0.05) is 31.9 Å². The number of hydrogen-bond donors (Lipinski definition) is 2. The van der Waals surface area contributed by atoms with Crippen molar-refractivity contribution >= 4 is 11.7 Å². The Bertz CT molecular complexity index is 375. The first-order valence-electron chi connectivity index (χ1n) is 5.86. The first-order valence-corrected chi connectivity index (χ1v) is 5.86. The molecular weight excluding hydrogens is 214 g/mol. The molecule has 0 aliphatic carbocycles. The fourth-order valence-electron chi connectivity index (χ4n) is 1.69. The summed E-state index contributed by atoms with van der Waals surface area (Å²) in [6.07, 6.45) is 3.95. The summed E-state index contributed by atoms with van der Waals surface area (Å²) in [6, 6.07) is 0. The molecule has 0 radical (unpaired) electrons. The van der Waals surface area contributed by atoms with Gasteiger partial charge in [-0.1, -0.05) is 13.8 Å². The van der Waals surface area contributed by atoms with Crippen molar-refractivity contribution in [3.05, 3.63) is 18.1 Å². The Kier molecular flexibility index (Phi) is 4.87. The van der Waals surface area contributed by atoms with Gasteiger partial charge in [0.1, 0.15) is 5.82 Å². The molecule has 1 heterocycles. The van der Waals surface area contributed by atoms with Crippen molar-refractivity contribution in [1.82, 2.24) is 9.97 Å². The highest BCUT2D eigenvalue weighted by Crippen LogP contribution is 2.15. The Hall–Kier alpha value is -1.65. The van der Waals surface area contributed by atoms with Crippen LogP contribution in [0.1, 0.15) is 26.0 Å². The van der Waals surface area contributed by atoms with Gasteiger partial charge in [0.25, 0.3) is 0 Å². The Morgan fingerprint density at radius 3 is 2.59 bits per heavy atom. The molecule has 1 rings (SSSR count). The number of nitrogens with zero attached hydrogens (tertiary/aromatic N) is 3. The average Bonchev–Trinajstić information content (AvgIpc) is 2.24. The SMILES string of the molecule is Cc1nccnc1N(CCC(=N)N)CC(C)C. The molecule has 5 heteroatoms. The van der Waals surface area contributed by atoms with Gasteiger partial charge in [-0.2, -0.15) is 0 Å². The highest BCUT2D eigenvalue weighted by Gasteiger charge is 2.12. The Balaban J connectivity index is 2.82. The molecule has 1 aromatic rings. The van der Waals surface area contributed by atoms with Crippen molar-refractivity contribution in [1.29, 1.82) is 5.41 Å². The summed E-state index contributed by atoms with van der Waals surface area (Å²) in [4.78, 5) is 10.8. The molecule has 94 valence electrons. The highest BCUT2D eigenvalue weighted by molar-refractivity contribution is 5.77. The standard InChI is InChI=1S/C12H21N5/c1-9(2)8-17(7-4-11(13)14)12-10(3)15-5-6-16-12/h5-6,9H,4,7-8H2,1-3H3,(H3,13,14). The Morgan fingerprint density at radius 1 is 1.41 bits per heavy atom. The Morgan fingerprint density at radius 2 is 2.06 bits per heavy atom. The van der Waals surface area contributed by atoms with Crippen LogP contribution in [0, 0.1) is 18.3 Å². The minimum atomic E-state index is 0.209. The number of amidine groups is 1. The van der Waals surface area contributed by atoms with Crippen LogP contribution in [-0.2, 0) is 0 Å². The number of nitrogens with one attached hydrogen (secondary N) is 1. The van der Waals surface area contributed by atoms with Gasteiger partial charge >= 0.3 is 0 Å². The number of nitrogens with two attached hydrogens (primary N) is 1. The average molecular weight is 235 g/mol. The van der Waals surface area contributed by atoms with E-state index in [0.717, 1.165) is 18.1 Å². The quantitative estimate of drug-likeness (QED) is 0.579. The second-order valence-corrected chi connectivity index (χ2v) is 4.58. The monoisotopic (exact) mass is 235 g/mol. The van der Waals surface area contributed by atoms with Crippen molar-refractivity contribution in [3.8, 4) is 0 Å². The molecule has 1 aromatic heterocycles. The molecule has 0 aliphatic rings. The number of rotatable bonds is 6. The topological polar surface area (TPSA) is 78.9 Å². The normalized spacial score (nSPS) is 10.6. The van der Waals surface area contributed by atoms with Crippen LogP contribution in [0.4, 0.5) is 5.82 Å². The summed E-state index contributed by atoms with van der Waals surface area (Å²) >= 11 is 0. The van der Waals surface area contributed by atoms with Crippen LogP contribution in [0.3, 0.4) is 0 Å². The van der Waals surface area contributed by atoms with Crippen LogP contribution in [0.15, 0.2) is 12.4 Å². The lowest BCUT2D eigenvalue weighted by Gasteiger charge is -2.26. The van der Waals surface area contributed by atoms with Gasteiger partial charge < -0.3 is 10.6 Å². The van der Waals surface area contributed by atoms with Crippen molar-refractivity contribution in [2.24, 2.45) is 11.7 Å². The van der Waals surface area contributed by atoms with Gasteiger partial charge in [-0.25, -0.2) is 4.98 Å². The molecule has 0 fully saturated rings. The predicted octanol–water partition coefficient (Wildman–Crippen LogP) is 1.57. The van der Waals surface area contributed by atoms with Crippen LogP contribution in [0.2, 0.25) is 0 Å². The number of anilines is 1. The number of aromatic nitrogens is 2. The second-order valence-electron chi connectivity index (χ2n) is 4.58. The zero-order valence-electron chi connectivity index (χ0n) is 10.8. The smallest absolute Gasteiger partial charge is 0.150 e. The van der Waals surface area contributed by atoms with Crippen LogP contribution >= 0.6 is 0 Å². The fraction of sp³-hybridized carbons (Fsp3) is 0.583. The van der Waals surface area contributed by atoms with E-state index >= 15 is 0 Å². The summed E-state index contributed by atoms with van der Waals surface area (Å²) in [7, 11) is 0. The van der Waals surface area contributed by atoms with Gasteiger partial charge in [-0.15, -0.1) is 0 Å². The van der Waals surface area contributed by atoms with Crippen molar-refractivity contribution in [2.75, 3.05) is 18.0 Å². The molecule has 0 amide bonds. The van der Waals surface area contributed by atoms with Crippen LogP contribution in [0.5, 0.6) is 0 Å². The maximum atomic E-state index is 7.30. The van der Waals surface area contributed by atoms with Crippen molar-refractivity contribution < 1.29 is 0 Å². The van der Waals surface area contributed by atoms with Gasteiger partial charge in [-0.05, 0) is 12.8 Å².